The third kappa shape index (κ3) is 1.45. The zero-order valence-corrected chi connectivity index (χ0v) is 10.6. The van der Waals surface area contributed by atoms with Crippen molar-refractivity contribution in [1.29, 1.82) is 0 Å². The number of hydrogen-bond donors (Lipinski definition) is 2. The van der Waals surface area contributed by atoms with Crippen LogP contribution in [0.3, 0.4) is 0 Å². The number of aromatic nitrogens is 1. The number of amidine groups is 1. The largest absolute Gasteiger partial charge is 0.368 e. The Morgan fingerprint density at radius 3 is 3.00 bits per heavy atom. The SMILES string of the molecule is Cc1[nH]c2ccc(Br)cc2c1C1=NCCN1. The molecule has 0 radical (unpaired) electrons. The van der Waals surface area contributed by atoms with Crippen molar-refractivity contribution in [2.24, 2.45) is 4.99 Å². The van der Waals surface area contributed by atoms with Crippen LogP contribution in [-0.2, 0) is 0 Å². The number of aromatic amines is 1. The van der Waals surface area contributed by atoms with Crippen molar-refractivity contribution in [1.82, 2.24) is 10.3 Å². The molecule has 0 saturated carbocycles. The van der Waals surface area contributed by atoms with Gasteiger partial charge in [0, 0.05) is 33.2 Å². The summed E-state index contributed by atoms with van der Waals surface area (Å²) in [4.78, 5) is 7.88. The summed E-state index contributed by atoms with van der Waals surface area (Å²) in [6.45, 7) is 3.90. The summed E-state index contributed by atoms with van der Waals surface area (Å²) >= 11 is 3.51. The van der Waals surface area contributed by atoms with E-state index in [2.05, 4.69) is 50.3 Å². The topological polar surface area (TPSA) is 40.2 Å². The quantitative estimate of drug-likeness (QED) is 0.827. The molecule has 3 rings (SSSR count). The molecule has 0 aliphatic carbocycles. The maximum Gasteiger partial charge on any atom is 0.130 e. The van der Waals surface area contributed by atoms with Gasteiger partial charge in [0.25, 0.3) is 0 Å². The number of halogens is 1. The lowest BCUT2D eigenvalue weighted by atomic mass is 10.1. The van der Waals surface area contributed by atoms with Crippen LogP contribution in [0.25, 0.3) is 10.9 Å². The number of nitrogens with one attached hydrogen (secondary N) is 2. The first kappa shape index (κ1) is 9.90. The van der Waals surface area contributed by atoms with Gasteiger partial charge in [-0.1, -0.05) is 15.9 Å². The standard InChI is InChI=1S/C12H12BrN3/c1-7-11(12-14-4-5-15-12)9-6-8(13)2-3-10(9)16-7/h2-3,6,16H,4-5H2,1H3,(H,14,15). The molecule has 1 aliphatic rings. The molecule has 2 heterocycles. The molecule has 2 aromatic rings. The van der Waals surface area contributed by atoms with Gasteiger partial charge in [-0.2, -0.15) is 0 Å². The molecule has 0 spiro atoms. The molecular formula is C12H12BrN3. The monoisotopic (exact) mass is 277 g/mol. The molecule has 0 amide bonds. The molecule has 2 N–H and O–H groups in total. The molecule has 1 aromatic heterocycles. The number of rotatable bonds is 1. The van der Waals surface area contributed by atoms with Gasteiger partial charge < -0.3 is 10.3 Å². The molecule has 1 aliphatic heterocycles. The molecule has 4 heteroatoms. The van der Waals surface area contributed by atoms with E-state index in [0.29, 0.717) is 0 Å². The van der Waals surface area contributed by atoms with Crippen LogP contribution >= 0.6 is 15.9 Å². The Balaban J connectivity index is 2.29. The van der Waals surface area contributed by atoms with Gasteiger partial charge in [0.1, 0.15) is 5.84 Å². The molecule has 0 saturated heterocycles. The molecule has 0 fully saturated rings. The Morgan fingerprint density at radius 2 is 2.25 bits per heavy atom. The first-order valence-corrected chi connectivity index (χ1v) is 6.11. The zero-order valence-electron chi connectivity index (χ0n) is 8.97. The first-order chi connectivity index (χ1) is 7.75. The lowest BCUT2D eigenvalue weighted by Gasteiger charge is -2.02. The van der Waals surface area contributed by atoms with Gasteiger partial charge in [0.05, 0.1) is 6.54 Å². The Kier molecular flexibility index (Phi) is 2.24. The van der Waals surface area contributed by atoms with Crippen LogP contribution in [0.15, 0.2) is 27.7 Å². The van der Waals surface area contributed by atoms with Crippen LogP contribution in [0.5, 0.6) is 0 Å². The number of H-pyrrole nitrogens is 1. The average Bonchev–Trinajstić information content (AvgIpc) is 2.83. The maximum absolute atomic E-state index is 4.49. The number of fused-ring (bicyclic) bond motifs is 1. The minimum atomic E-state index is 0.870. The normalized spacial score (nSPS) is 15.2. The van der Waals surface area contributed by atoms with E-state index in [9.17, 15) is 0 Å². The highest BCUT2D eigenvalue weighted by molar-refractivity contribution is 9.10. The van der Waals surface area contributed by atoms with E-state index in [0.717, 1.165) is 28.9 Å². The predicted molar refractivity (Wildman–Crippen MR) is 70.1 cm³/mol. The lowest BCUT2D eigenvalue weighted by molar-refractivity contribution is 0.960. The molecule has 0 bridgehead atoms. The summed E-state index contributed by atoms with van der Waals surface area (Å²) in [5.74, 6) is 1.02. The number of aryl methyl sites for hydroxylation is 1. The van der Waals surface area contributed by atoms with Crippen molar-refractivity contribution in [3.63, 3.8) is 0 Å². The summed E-state index contributed by atoms with van der Waals surface area (Å²) in [5, 5.41) is 4.55. The first-order valence-electron chi connectivity index (χ1n) is 5.32. The highest BCUT2D eigenvalue weighted by Gasteiger charge is 2.16. The zero-order chi connectivity index (χ0) is 11.1. The second-order valence-corrected chi connectivity index (χ2v) is 4.89. The van der Waals surface area contributed by atoms with Gasteiger partial charge in [0.2, 0.25) is 0 Å². The van der Waals surface area contributed by atoms with E-state index in [1.807, 2.05) is 6.07 Å². The van der Waals surface area contributed by atoms with Crippen molar-refractivity contribution >= 4 is 32.7 Å². The minimum absolute atomic E-state index is 0.870. The van der Waals surface area contributed by atoms with Gasteiger partial charge >= 0.3 is 0 Å². The summed E-state index contributed by atoms with van der Waals surface area (Å²) in [6, 6.07) is 6.27. The molecule has 3 nitrogen and oxygen atoms in total. The minimum Gasteiger partial charge on any atom is -0.368 e. The Hall–Kier alpha value is -1.29. The fourth-order valence-electron chi connectivity index (χ4n) is 2.17. The van der Waals surface area contributed by atoms with Gasteiger partial charge in [-0.25, -0.2) is 0 Å². The van der Waals surface area contributed by atoms with Gasteiger partial charge in [0.15, 0.2) is 0 Å². The van der Waals surface area contributed by atoms with E-state index in [1.54, 1.807) is 0 Å². The third-order valence-electron chi connectivity index (χ3n) is 2.86. The molecule has 0 atom stereocenters. The van der Waals surface area contributed by atoms with Crippen molar-refractivity contribution in [2.75, 3.05) is 13.1 Å². The van der Waals surface area contributed by atoms with E-state index < -0.39 is 0 Å². The van der Waals surface area contributed by atoms with Crippen LogP contribution in [0.4, 0.5) is 0 Å². The van der Waals surface area contributed by atoms with Crippen LogP contribution < -0.4 is 5.32 Å². The van der Waals surface area contributed by atoms with Crippen LogP contribution in [-0.4, -0.2) is 23.9 Å². The van der Waals surface area contributed by atoms with Crippen LogP contribution in [0.2, 0.25) is 0 Å². The number of benzene rings is 1. The second kappa shape index (κ2) is 3.63. The molecular weight excluding hydrogens is 266 g/mol. The summed E-state index contributed by atoms with van der Waals surface area (Å²) in [6.07, 6.45) is 0. The number of nitrogens with zero attached hydrogens (tertiary/aromatic N) is 1. The smallest absolute Gasteiger partial charge is 0.130 e. The Morgan fingerprint density at radius 1 is 1.38 bits per heavy atom. The van der Waals surface area contributed by atoms with Crippen molar-refractivity contribution in [3.05, 3.63) is 33.9 Å². The lowest BCUT2D eigenvalue weighted by Crippen LogP contribution is -2.19. The summed E-state index contributed by atoms with van der Waals surface area (Å²) < 4.78 is 1.10. The second-order valence-electron chi connectivity index (χ2n) is 3.97. The highest BCUT2D eigenvalue weighted by atomic mass is 79.9. The van der Waals surface area contributed by atoms with Gasteiger partial charge in [-0.3, -0.25) is 4.99 Å². The van der Waals surface area contributed by atoms with Gasteiger partial charge in [-0.05, 0) is 25.1 Å². The van der Waals surface area contributed by atoms with Gasteiger partial charge in [-0.15, -0.1) is 0 Å². The highest BCUT2D eigenvalue weighted by Crippen LogP contribution is 2.26. The Labute approximate surface area is 102 Å². The molecule has 1 aromatic carbocycles. The Bertz CT molecular complexity index is 583. The van der Waals surface area contributed by atoms with E-state index >= 15 is 0 Å². The fraction of sp³-hybridized carbons (Fsp3) is 0.250. The average molecular weight is 278 g/mol. The molecule has 16 heavy (non-hydrogen) atoms. The predicted octanol–water partition coefficient (Wildman–Crippen LogP) is 2.59. The molecule has 0 unspecified atom stereocenters. The molecule has 82 valence electrons. The third-order valence-corrected chi connectivity index (χ3v) is 3.35. The van der Waals surface area contributed by atoms with Crippen molar-refractivity contribution in [3.8, 4) is 0 Å². The van der Waals surface area contributed by atoms with Crippen molar-refractivity contribution in [2.45, 2.75) is 6.92 Å². The fourth-order valence-corrected chi connectivity index (χ4v) is 2.53. The van der Waals surface area contributed by atoms with Crippen LogP contribution in [0.1, 0.15) is 11.3 Å². The van der Waals surface area contributed by atoms with Crippen LogP contribution in [0, 0.1) is 6.92 Å². The van der Waals surface area contributed by atoms with E-state index in [-0.39, 0.29) is 0 Å². The van der Waals surface area contributed by atoms with Crippen molar-refractivity contribution < 1.29 is 0 Å². The summed E-state index contributed by atoms with van der Waals surface area (Å²) in [5.41, 5.74) is 3.53. The van der Waals surface area contributed by atoms with E-state index in [4.69, 9.17) is 0 Å². The van der Waals surface area contributed by atoms with E-state index in [1.165, 1.54) is 16.6 Å². The maximum atomic E-state index is 4.49. The summed E-state index contributed by atoms with van der Waals surface area (Å²) in [7, 11) is 0. The number of aliphatic imine (C=N–C) groups is 1. The number of hydrogen-bond acceptors (Lipinski definition) is 2.